The lowest BCUT2D eigenvalue weighted by Crippen LogP contribution is -2.38. The number of carbonyl (C=O) groups is 1. The molecular weight excluding hydrogens is 312 g/mol. The Bertz CT molecular complexity index is 708. The number of sulfone groups is 1. The third-order valence-electron chi connectivity index (χ3n) is 5.20. The summed E-state index contributed by atoms with van der Waals surface area (Å²) >= 11 is 0. The highest BCUT2D eigenvalue weighted by atomic mass is 32.2. The van der Waals surface area contributed by atoms with Crippen LogP contribution < -0.4 is 5.32 Å². The van der Waals surface area contributed by atoms with E-state index in [4.69, 9.17) is 0 Å². The third kappa shape index (κ3) is 2.96. The summed E-state index contributed by atoms with van der Waals surface area (Å²) < 4.78 is 24.9. The van der Waals surface area contributed by atoms with Crippen molar-refractivity contribution >= 4 is 21.6 Å². The molecule has 5 nitrogen and oxygen atoms in total. The first kappa shape index (κ1) is 16.3. The van der Waals surface area contributed by atoms with Gasteiger partial charge in [0.15, 0.2) is 9.84 Å². The second-order valence-electron chi connectivity index (χ2n) is 7.05. The predicted octanol–water partition coefficient (Wildman–Crippen LogP) is 3.28. The molecule has 1 spiro atoms. The SMILES string of the molecule is CC(C)S(=O)(=O)c1ccccc1NC(=O)N1CCC2(CCC2)C1. The molecule has 1 saturated carbocycles. The molecule has 0 aromatic heterocycles. The molecule has 1 heterocycles. The van der Waals surface area contributed by atoms with E-state index in [1.807, 2.05) is 4.90 Å². The molecule has 1 aliphatic heterocycles. The van der Waals surface area contributed by atoms with Gasteiger partial charge < -0.3 is 10.2 Å². The molecule has 2 aliphatic rings. The van der Waals surface area contributed by atoms with Crippen LogP contribution in [-0.2, 0) is 9.84 Å². The van der Waals surface area contributed by atoms with Gasteiger partial charge in [0, 0.05) is 13.1 Å². The topological polar surface area (TPSA) is 66.5 Å². The number of benzene rings is 1. The minimum absolute atomic E-state index is 0.194. The highest BCUT2D eigenvalue weighted by Crippen LogP contribution is 2.48. The summed E-state index contributed by atoms with van der Waals surface area (Å²) in [7, 11) is -3.43. The molecule has 1 aliphatic carbocycles. The van der Waals surface area contributed by atoms with Gasteiger partial charge in [-0.3, -0.25) is 0 Å². The van der Waals surface area contributed by atoms with Gasteiger partial charge in [-0.1, -0.05) is 18.6 Å². The van der Waals surface area contributed by atoms with E-state index in [9.17, 15) is 13.2 Å². The Morgan fingerprint density at radius 3 is 2.48 bits per heavy atom. The molecule has 23 heavy (non-hydrogen) atoms. The highest BCUT2D eigenvalue weighted by Gasteiger charge is 2.44. The van der Waals surface area contributed by atoms with Crippen molar-refractivity contribution in [3.05, 3.63) is 24.3 Å². The van der Waals surface area contributed by atoms with Crippen molar-refractivity contribution in [1.29, 1.82) is 0 Å². The summed E-state index contributed by atoms with van der Waals surface area (Å²) in [6.45, 7) is 4.84. The molecule has 0 radical (unpaired) electrons. The van der Waals surface area contributed by atoms with Crippen LogP contribution in [0.3, 0.4) is 0 Å². The summed E-state index contributed by atoms with van der Waals surface area (Å²) in [5.41, 5.74) is 0.710. The molecule has 0 bridgehead atoms. The largest absolute Gasteiger partial charge is 0.324 e. The van der Waals surface area contributed by atoms with Gasteiger partial charge in [-0.15, -0.1) is 0 Å². The number of hydrogen-bond donors (Lipinski definition) is 1. The Morgan fingerprint density at radius 1 is 1.22 bits per heavy atom. The van der Waals surface area contributed by atoms with E-state index in [1.54, 1.807) is 38.1 Å². The molecule has 2 amide bonds. The monoisotopic (exact) mass is 336 g/mol. The minimum atomic E-state index is -3.43. The maximum Gasteiger partial charge on any atom is 0.321 e. The normalized spacial score (nSPS) is 19.9. The number of anilines is 1. The van der Waals surface area contributed by atoms with Crippen molar-refractivity contribution in [3.63, 3.8) is 0 Å². The maximum absolute atomic E-state index is 12.5. The second-order valence-corrected chi connectivity index (χ2v) is 9.52. The average Bonchev–Trinajstić information content (AvgIpc) is 2.93. The van der Waals surface area contributed by atoms with Crippen LogP contribution >= 0.6 is 0 Å². The first-order valence-electron chi connectivity index (χ1n) is 8.23. The van der Waals surface area contributed by atoms with Gasteiger partial charge in [-0.05, 0) is 50.7 Å². The third-order valence-corrected chi connectivity index (χ3v) is 7.41. The van der Waals surface area contributed by atoms with Crippen LogP contribution in [-0.4, -0.2) is 37.7 Å². The van der Waals surface area contributed by atoms with Gasteiger partial charge in [0.25, 0.3) is 0 Å². The van der Waals surface area contributed by atoms with Crippen LogP contribution in [0, 0.1) is 5.41 Å². The summed E-state index contributed by atoms with van der Waals surface area (Å²) in [4.78, 5) is 14.5. The number of carbonyl (C=O) groups excluding carboxylic acids is 1. The summed E-state index contributed by atoms with van der Waals surface area (Å²) in [6, 6.07) is 6.45. The molecule has 1 aromatic carbocycles. The van der Waals surface area contributed by atoms with Crippen molar-refractivity contribution in [2.45, 2.75) is 49.7 Å². The molecule has 1 aromatic rings. The van der Waals surface area contributed by atoms with Crippen molar-refractivity contribution in [1.82, 2.24) is 4.90 Å². The number of rotatable bonds is 3. The number of hydrogen-bond acceptors (Lipinski definition) is 3. The van der Waals surface area contributed by atoms with Gasteiger partial charge in [-0.25, -0.2) is 13.2 Å². The fourth-order valence-electron chi connectivity index (χ4n) is 3.46. The van der Waals surface area contributed by atoms with E-state index in [1.165, 1.54) is 19.3 Å². The number of nitrogens with one attached hydrogen (secondary N) is 1. The number of urea groups is 1. The Balaban J connectivity index is 1.77. The number of likely N-dealkylation sites (tertiary alicyclic amines) is 1. The lowest BCUT2D eigenvalue weighted by Gasteiger charge is -2.37. The smallest absolute Gasteiger partial charge is 0.321 e. The fourth-order valence-corrected chi connectivity index (χ4v) is 4.66. The lowest BCUT2D eigenvalue weighted by atomic mass is 9.68. The quantitative estimate of drug-likeness (QED) is 0.921. The summed E-state index contributed by atoms with van der Waals surface area (Å²) in [5, 5.41) is 2.28. The van der Waals surface area contributed by atoms with Crippen LogP contribution in [0.25, 0.3) is 0 Å². The van der Waals surface area contributed by atoms with E-state index in [-0.39, 0.29) is 10.9 Å². The fraction of sp³-hybridized carbons (Fsp3) is 0.588. The molecule has 126 valence electrons. The van der Waals surface area contributed by atoms with Crippen LogP contribution in [0.15, 0.2) is 29.2 Å². The van der Waals surface area contributed by atoms with Gasteiger partial charge in [0.2, 0.25) is 0 Å². The Hall–Kier alpha value is -1.56. The van der Waals surface area contributed by atoms with E-state index < -0.39 is 15.1 Å². The average molecular weight is 336 g/mol. The molecule has 2 fully saturated rings. The first-order valence-corrected chi connectivity index (χ1v) is 9.78. The standard InChI is InChI=1S/C17H24N2O3S/c1-13(2)23(21,22)15-7-4-3-6-14(15)18-16(20)19-11-10-17(12-19)8-5-9-17/h3-4,6-7,13H,5,8-12H2,1-2H3,(H,18,20). The zero-order chi connectivity index (χ0) is 16.7. The van der Waals surface area contributed by atoms with E-state index in [0.717, 1.165) is 19.5 Å². The number of nitrogens with zero attached hydrogens (tertiary/aromatic N) is 1. The molecule has 0 unspecified atom stereocenters. The molecule has 3 rings (SSSR count). The van der Waals surface area contributed by atoms with Crippen LogP contribution in [0.2, 0.25) is 0 Å². The molecule has 1 N–H and O–H groups in total. The van der Waals surface area contributed by atoms with Crippen molar-refractivity contribution < 1.29 is 13.2 Å². The second kappa shape index (κ2) is 5.82. The summed E-state index contributed by atoms with van der Waals surface area (Å²) in [6.07, 6.45) is 4.72. The van der Waals surface area contributed by atoms with Crippen molar-refractivity contribution in [3.8, 4) is 0 Å². The van der Waals surface area contributed by atoms with Crippen LogP contribution in [0.4, 0.5) is 10.5 Å². The van der Waals surface area contributed by atoms with Crippen LogP contribution in [0.5, 0.6) is 0 Å². The first-order chi connectivity index (χ1) is 10.8. The number of para-hydroxylation sites is 1. The molecule has 0 atom stereocenters. The zero-order valence-electron chi connectivity index (χ0n) is 13.7. The molecule has 6 heteroatoms. The van der Waals surface area contributed by atoms with E-state index in [2.05, 4.69) is 5.32 Å². The van der Waals surface area contributed by atoms with Crippen LogP contribution in [0.1, 0.15) is 39.5 Å². The van der Waals surface area contributed by atoms with E-state index in [0.29, 0.717) is 11.1 Å². The Morgan fingerprint density at radius 2 is 1.91 bits per heavy atom. The molecule has 1 saturated heterocycles. The predicted molar refractivity (Wildman–Crippen MR) is 90.3 cm³/mol. The Kier molecular flexibility index (Phi) is 4.12. The molecular formula is C17H24N2O3S. The number of amides is 2. The highest BCUT2D eigenvalue weighted by molar-refractivity contribution is 7.92. The van der Waals surface area contributed by atoms with Gasteiger partial charge in [-0.2, -0.15) is 0 Å². The maximum atomic E-state index is 12.5. The van der Waals surface area contributed by atoms with Gasteiger partial charge >= 0.3 is 6.03 Å². The Labute approximate surface area is 138 Å². The summed E-state index contributed by atoms with van der Waals surface area (Å²) in [5.74, 6) is 0. The van der Waals surface area contributed by atoms with Crippen molar-refractivity contribution in [2.75, 3.05) is 18.4 Å². The van der Waals surface area contributed by atoms with Crippen molar-refractivity contribution in [2.24, 2.45) is 5.41 Å². The van der Waals surface area contributed by atoms with E-state index >= 15 is 0 Å². The van der Waals surface area contributed by atoms with Gasteiger partial charge in [0.05, 0.1) is 15.8 Å². The zero-order valence-corrected chi connectivity index (χ0v) is 14.5. The minimum Gasteiger partial charge on any atom is -0.324 e. The van der Waals surface area contributed by atoms with Gasteiger partial charge in [0.1, 0.15) is 0 Å². The lowest BCUT2D eigenvalue weighted by molar-refractivity contribution is 0.144.